The van der Waals surface area contributed by atoms with E-state index in [9.17, 15) is 8.78 Å². The normalized spacial score (nSPS) is 27.5. The number of nitrogens with zero attached hydrogens (tertiary/aromatic N) is 1. The van der Waals surface area contributed by atoms with Crippen LogP contribution in [0.15, 0.2) is 18.2 Å². The summed E-state index contributed by atoms with van der Waals surface area (Å²) in [7, 11) is 0. The molecule has 2 saturated heterocycles. The van der Waals surface area contributed by atoms with E-state index in [1.807, 2.05) is 0 Å². The molecule has 0 amide bonds. The van der Waals surface area contributed by atoms with Crippen LogP contribution in [0.2, 0.25) is 0 Å². The van der Waals surface area contributed by atoms with Gasteiger partial charge in [-0.15, -0.1) is 0 Å². The first-order valence-electron chi connectivity index (χ1n) is 7.99. The van der Waals surface area contributed by atoms with Gasteiger partial charge in [0.1, 0.15) is 0 Å². The first-order chi connectivity index (χ1) is 10.5. The molecule has 2 aliphatic heterocycles. The van der Waals surface area contributed by atoms with Crippen LogP contribution in [0.5, 0.6) is 0 Å². The molecule has 22 heavy (non-hydrogen) atoms. The van der Waals surface area contributed by atoms with Crippen LogP contribution in [-0.4, -0.2) is 31.1 Å². The summed E-state index contributed by atoms with van der Waals surface area (Å²) in [5.41, 5.74) is 0.516. The van der Waals surface area contributed by atoms with Crippen molar-refractivity contribution in [3.05, 3.63) is 29.8 Å². The molecule has 0 N–H and O–H groups in total. The Labute approximate surface area is 130 Å². The average Bonchev–Trinajstić information content (AvgIpc) is 2.80. The molecule has 0 bridgehead atoms. The molecular formula is C17H23F2NO2. The van der Waals surface area contributed by atoms with Gasteiger partial charge in [-0.05, 0) is 25.5 Å². The zero-order chi connectivity index (χ0) is 15.8. The van der Waals surface area contributed by atoms with Crippen molar-refractivity contribution in [1.82, 2.24) is 0 Å². The minimum atomic E-state index is -0.810. The highest BCUT2D eigenvalue weighted by Gasteiger charge is 2.48. The highest BCUT2D eigenvalue weighted by atomic mass is 19.2. The summed E-state index contributed by atoms with van der Waals surface area (Å²) >= 11 is 0. The third-order valence-corrected chi connectivity index (χ3v) is 4.65. The quantitative estimate of drug-likeness (QED) is 0.846. The van der Waals surface area contributed by atoms with Crippen LogP contribution >= 0.6 is 0 Å². The fourth-order valence-electron chi connectivity index (χ4n) is 3.48. The van der Waals surface area contributed by atoms with Gasteiger partial charge in [-0.3, -0.25) is 0 Å². The van der Waals surface area contributed by atoms with Gasteiger partial charge in [0, 0.05) is 37.7 Å². The Morgan fingerprint density at radius 2 is 1.91 bits per heavy atom. The second-order valence-corrected chi connectivity index (χ2v) is 6.59. The van der Waals surface area contributed by atoms with Crippen LogP contribution in [-0.2, 0) is 9.47 Å². The molecule has 2 fully saturated rings. The van der Waals surface area contributed by atoms with Gasteiger partial charge in [-0.2, -0.15) is 0 Å². The molecule has 0 saturated carbocycles. The first kappa shape index (κ1) is 15.7. The zero-order valence-electron chi connectivity index (χ0n) is 13.2. The fourth-order valence-corrected chi connectivity index (χ4v) is 3.48. The van der Waals surface area contributed by atoms with Gasteiger partial charge >= 0.3 is 0 Å². The lowest BCUT2D eigenvalue weighted by atomic mass is 10.0. The lowest BCUT2D eigenvalue weighted by Crippen LogP contribution is -2.46. The monoisotopic (exact) mass is 311 g/mol. The Bertz CT molecular complexity index is 543. The summed E-state index contributed by atoms with van der Waals surface area (Å²) in [6, 6.07) is 4.05. The topological polar surface area (TPSA) is 21.7 Å². The van der Waals surface area contributed by atoms with Gasteiger partial charge in [0.05, 0.1) is 12.2 Å². The summed E-state index contributed by atoms with van der Waals surface area (Å²) in [6.45, 7) is 6.31. The Kier molecular flexibility index (Phi) is 4.12. The van der Waals surface area contributed by atoms with Crippen molar-refractivity contribution in [2.45, 2.75) is 50.9 Å². The van der Waals surface area contributed by atoms with Gasteiger partial charge in [-0.25, -0.2) is 8.78 Å². The lowest BCUT2D eigenvalue weighted by molar-refractivity contribution is -0.196. The van der Waals surface area contributed by atoms with Crippen LogP contribution in [0.1, 0.15) is 39.5 Å². The Hall–Kier alpha value is -1.20. The molecule has 0 aliphatic carbocycles. The van der Waals surface area contributed by atoms with E-state index in [0.717, 1.165) is 25.7 Å². The van der Waals surface area contributed by atoms with E-state index in [-0.39, 0.29) is 5.60 Å². The number of halogens is 2. The molecule has 3 nitrogen and oxygen atoms in total. The fraction of sp³-hybridized carbons (Fsp3) is 0.647. The molecule has 3 rings (SSSR count). The molecule has 2 heterocycles. The maximum absolute atomic E-state index is 13.4. The molecule has 1 aromatic rings. The molecule has 122 valence electrons. The summed E-state index contributed by atoms with van der Waals surface area (Å²) < 4.78 is 38.7. The van der Waals surface area contributed by atoms with Crippen LogP contribution in [0.3, 0.4) is 0 Å². The van der Waals surface area contributed by atoms with Crippen LogP contribution in [0.25, 0.3) is 0 Å². The highest BCUT2D eigenvalue weighted by molar-refractivity contribution is 5.47. The first-order valence-corrected chi connectivity index (χ1v) is 7.99. The highest BCUT2D eigenvalue weighted by Crippen LogP contribution is 2.41. The summed E-state index contributed by atoms with van der Waals surface area (Å²) in [6.07, 6.45) is 3.54. The predicted molar refractivity (Wildman–Crippen MR) is 80.9 cm³/mol. The second kappa shape index (κ2) is 5.78. The van der Waals surface area contributed by atoms with Gasteiger partial charge in [0.2, 0.25) is 0 Å². The summed E-state index contributed by atoms with van der Waals surface area (Å²) in [5.74, 6) is -2.12. The molecule has 5 heteroatoms. The number of ether oxygens (including phenoxy) is 2. The minimum absolute atomic E-state index is 0.196. The molecule has 0 aromatic heterocycles. The van der Waals surface area contributed by atoms with Crippen molar-refractivity contribution in [1.29, 1.82) is 0 Å². The Balaban J connectivity index is 1.64. The van der Waals surface area contributed by atoms with Crippen molar-refractivity contribution >= 4 is 5.69 Å². The van der Waals surface area contributed by atoms with Crippen molar-refractivity contribution in [3.63, 3.8) is 0 Å². The molecule has 1 aromatic carbocycles. The smallest absolute Gasteiger partial charge is 0.172 e. The standard InChI is InChI=1S/C17H23F2NO2/c1-3-6-16(2)12-21-17(22-16)7-9-20(10-8-17)13-4-5-14(18)15(19)11-13/h4-5,11H,3,6-10,12H2,1-2H3. The number of rotatable bonds is 3. The molecule has 1 unspecified atom stereocenters. The van der Waals surface area contributed by atoms with Crippen molar-refractivity contribution in [2.75, 3.05) is 24.6 Å². The Morgan fingerprint density at radius 1 is 1.18 bits per heavy atom. The number of hydrogen-bond acceptors (Lipinski definition) is 3. The zero-order valence-corrected chi connectivity index (χ0v) is 13.2. The van der Waals surface area contributed by atoms with E-state index in [1.54, 1.807) is 6.07 Å². The van der Waals surface area contributed by atoms with Crippen LogP contribution < -0.4 is 4.90 Å². The molecule has 1 atom stereocenters. The largest absolute Gasteiger partial charge is 0.371 e. The van der Waals surface area contributed by atoms with Gasteiger partial charge in [-0.1, -0.05) is 13.3 Å². The molecular weight excluding hydrogens is 288 g/mol. The third kappa shape index (κ3) is 2.97. The van der Waals surface area contributed by atoms with E-state index >= 15 is 0 Å². The predicted octanol–water partition coefficient (Wildman–Crippen LogP) is 3.87. The third-order valence-electron chi connectivity index (χ3n) is 4.65. The van der Waals surface area contributed by atoms with E-state index in [2.05, 4.69) is 18.7 Å². The molecule has 1 spiro atoms. The van der Waals surface area contributed by atoms with Gasteiger partial charge in [0.15, 0.2) is 17.4 Å². The number of anilines is 1. The summed E-state index contributed by atoms with van der Waals surface area (Å²) in [5, 5.41) is 0. The van der Waals surface area contributed by atoms with Crippen molar-refractivity contribution in [3.8, 4) is 0 Å². The molecule has 2 aliphatic rings. The van der Waals surface area contributed by atoms with Crippen molar-refractivity contribution in [2.24, 2.45) is 0 Å². The Morgan fingerprint density at radius 3 is 2.55 bits per heavy atom. The number of benzene rings is 1. The maximum Gasteiger partial charge on any atom is 0.172 e. The minimum Gasteiger partial charge on any atom is -0.371 e. The van der Waals surface area contributed by atoms with Gasteiger partial charge < -0.3 is 14.4 Å². The number of hydrogen-bond donors (Lipinski definition) is 0. The maximum atomic E-state index is 13.4. The van der Waals surface area contributed by atoms with Gasteiger partial charge in [0.25, 0.3) is 0 Å². The van der Waals surface area contributed by atoms with Crippen LogP contribution in [0.4, 0.5) is 14.5 Å². The number of piperidine rings is 1. The van der Waals surface area contributed by atoms with E-state index in [1.165, 1.54) is 12.1 Å². The summed E-state index contributed by atoms with van der Waals surface area (Å²) in [4.78, 5) is 2.05. The SMILES string of the molecule is CCCC1(C)COC2(CCN(c3ccc(F)c(F)c3)CC2)O1. The second-order valence-electron chi connectivity index (χ2n) is 6.59. The lowest BCUT2D eigenvalue weighted by Gasteiger charge is -2.40. The van der Waals surface area contributed by atoms with Crippen LogP contribution in [0, 0.1) is 11.6 Å². The average molecular weight is 311 g/mol. The van der Waals surface area contributed by atoms with E-state index < -0.39 is 17.4 Å². The van der Waals surface area contributed by atoms with Crippen molar-refractivity contribution < 1.29 is 18.3 Å². The van der Waals surface area contributed by atoms with E-state index in [4.69, 9.17) is 9.47 Å². The van der Waals surface area contributed by atoms with E-state index in [0.29, 0.717) is 25.4 Å². The molecule has 0 radical (unpaired) electrons.